The molecule has 1 aliphatic heterocycles. The number of anilines is 1. The third-order valence-corrected chi connectivity index (χ3v) is 5.49. The van der Waals surface area contributed by atoms with Gasteiger partial charge in [0.15, 0.2) is 17.3 Å². The van der Waals surface area contributed by atoms with Crippen LogP contribution in [0.4, 0.5) is 14.5 Å². The fourth-order valence-corrected chi connectivity index (χ4v) is 3.76. The van der Waals surface area contributed by atoms with Crippen molar-refractivity contribution in [1.82, 2.24) is 20.1 Å². The summed E-state index contributed by atoms with van der Waals surface area (Å²) >= 11 is 0. The fraction of sp³-hybridized carbons (Fsp3) is 0.250. The molecule has 0 spiro atoms. The summed E-state index contributed by atoms with van der Waals surface area (Å²) in [4.78, 5) is 22.4. The van der Waals surface area contributed by atoms with Crippen LogP contribution in [0.15, 0.2) is 53.4 Å². The van der Waals surface area contributed by atoms with E-state index in [1.165, 1.54) is 0 Å². The number of nitrogens with zero attached hydrogens (tertiary/aromatic N) is 4. The van der Waals surface area contributed by atoms with Gasteiger partial charge >= 0.3 is 0 Å². The van der Waals surface area contributed by atoms with E-state index in [-0.39, 0.29) is 5.69 Å². The van der Waals surface area contributed by atoms with E-state index in [1.54, 1.807) is 12.3 Å². The number of pyridine rings is 1. The van der Waals surface area contributed by atoms with Crippen LogP contribution < -0.4 is 5.32 Å². The highest BCUT2D eigenvalue weighted by atomic mass is 19.1. The summed E-state index contributed by atoms with van der Waals surface area (Å²) in [5, 5.41) is 9.60. The second kappa shape index (κ2) is 10.4. The minimum absolute atomic E-state index is 0.0251. The van der Waals surface area contributed by atoms with Crippen molar-refractivity contribution in [3.8, 4) is 0 Å². The number of morpholine rings is 1. The van der Waals surface area contributed by atoms with Crippen LogP contribution in [0, 0.1) is 11.6 Å². The Morgan fingerprint density at radius 3 is 2.74 bits per heavy atom. The van der Waals surface area contributed by atoms with Crippen molar-refractivity contribution in [2.75, 3.05) is 38.2 Å². The van der Waals surface area contributed by atoms with Crippen molar-refractivity contribution in [1.29, 1.82) is 0 Å². The number of amides is 1. The zero-order valence-corrected chi connectivity index (χ0v) is 18.6. The highest BCUT2D eigenvalue weighted by molar-refractivity contribution is 6.11. The number of hydrogen-bond acceptors (Lipinski definition) is 6. The van der Waals surface area contributed by atoms with E-state index in [4.69, 9.17) is 4.74 Å². The van der Waals surface area contributed by atoms with Gasteiger partial charge in [-0.1, -0.05) is 12.1 Å². The molecule has 4 rings (SSSR count). The molecule has 10 heteroatoms. The minimum Gasteiger partial charge on any atom is -0.379 e. The number of aliphatic imine (C=N–C) groups is 1. The molecule has 1 saturated heterocycles. The average molecular weight is 466 g/mol. The monoisotopic (exact) mass is 466 g/mol. The number of nitrogens with one attached hydrogen (secondary N) is 2. The Morgan fingerprint density at radius 1 is 1.29 bits per heavy atom. The van der Waals surface area contributed by atoms with Crippen LogP contribution in [0.2, 0.25) is 0 Å². The maximum atomic E-state index is 13.9. The van der Waals surface area contributed by atoms with E-state index in [0.717, 1.165) is 42.2 Å². The Balaban J connectivity index is 1.60. The first-order valence-corrected chi connectivity index (χ1v) is 10.7. The lowest BCUT2D eigenvalue weighted by atomic mass is 10.0. The lowest BCUT2D eigenvalue weighted by molar-refractivity contribution is 0.0426. The molecule has 34 heavy (non-hydrogen) atoms. The molecule has 3 aromatic rings. The smallest absolute Gasteiger partial charge is 0.276 e. The van der Waals surface area contributed by atoms with E-state index in [9.17, 15) is 13.6 Å². The topological polar surface area (TPSA) is 95.5 Å². The standard InChI is InChI=1S/C24H24F2N6O2/c1-15(9-16(11-27-2)14-32-5-7-34-8-6-32)17-3-4-21-18(10-17)22(31-30-21)24(33)29-23-19(25)12-28-13-20(23)26/h3-4,9-13H,2,5-8,14H2,1H3,(H,30,31)(H,28,29,33)/b15-9+,16-11+. The molecule has 1 aromatic carbocycles. The minimum atomic E-state index is -0.969. The molecule has 0 atom stereocenters. The normalized spacial score (nSPS) is 15.5. The van der Waals surface area contributed by atoms with Gasteiger partial charge < -0.3 is 10.1 Å². The summed E-state index contributed by atoms with van der Waals surface area (Å²) in [5.74, 6) is -2.68. The summed E-state index contributed by atoms with van der Waals surface area (Å²) in [7, 11) is 0. The second-order valence-corrected chi connectivity index (χ2v) is 7.87. The Kier molecular flexibility index (Phi) is 7.19. The number of rotatable bonds is 7. The lowest BCUT2D eigenvalue weighted by Gasteiger charge is -2.26. The Morgan fingerprint density at radius 2 is 2.03 bits per heavy atom. The zero-order chi connectivity index (χ0) is 24.1. The maximum absolute atomic E-state index is 13.9. The molecule has 1 fully saturated rings. The first-order chi connectivity index (χ1) is 16.5. The summed E-state index contributed by atoms with van der Waals surface area (Å²) in [6.45, 7) is 9.34. The Bertz CT molecular complexity index is 1260. The van der Waals surface area contributed by atoms with E-state index < -0.39 is 23.2 Å². The van der Waals surface area contributed by atoms with Crippen LogP contribution in [0.5, 0.6) is 0 Å². The molecule has 8 nitrogen and oxygen atoms in total. The van der Waals surface area contributed by atoms with Crippen LogP contribution in [0.1, 0.15) is 23.0 Å². The predicted octanol–water partition coefficient (Wildman–Crippen LogP) is 3.81. The van der Waals surface area contributed by atoms with Gasteiger partial charge in [0.05, 0.1) is 31.1 Å². The molecular weight excluding hydrogens is 442 g/mol. The van der Waals surface area contributed by atoms with Gasteiger partial charge in [-0.2, -0.15) is 5.10 Å². The van der Waals surface area contributed by atoms with Crippen LogP contribution in [-0.4, -0.2) is 65.6 Å². The van der Waals surface area contributed by atoms with Crippen molar-refractivity contribution >= 4 is 34.8 Å². The van der Waals surface area contributed by atoms with Crippen molar-refractivity contribution in [3.63, 3.8) is 0 Å². The number of aromatic nitrogens is 3. The highest BCUT2D eigenvalue weighted by Gasteiger charge is 2.19. The number of fused-ring (bicyclic) bond motifs is 1. The molecule has 0 saturated carbocycles. The van der Waals surface area contributed by atoms with Crippen LogP contribution in [0.25, 0.3) is 16.5 Å². The summed E-state index contributed by atoms with van der Waals surface area (Å²) in [6.07, 6.45) is 5.40. The predicted molar refractivity (Wildman–Crippen MR) is 127 cm³/mol. The maximum Gasteiger partial charge on any atom is 0.276 e. The molecule has 1 aliphatic rings. The van der Waals surface area contributed by atoms with Gasteiger partial charge in [-0.3, -0.25) is 24.8 Å². The second-order valence-electron chi connectivity index (χ2n) is 7.87. The van der Waals surface area contributed by atoms with Gasteiger partial charge in [0.25, 0.3) is 5.91 Å². The quantitative estimate of drug-likeness (QED) is 0.408. The molecule has 0 unspecified atom stereocenters. The summed E-state index contributed by atoms with van der Waals surface area (Å²) in [5.41, 5.74) is 2.87. The van der Waals surface area contributed by atoms with Crippen LogP contribution in [0.3, 0.4) is 0 Å². The number of carbonyl (C=O) groups excluding carboxylic acids is 1. The molecule has 3 heterocycles. The molecule has 0 bridgehead atoms. The number of hydrogen-bond donors (Lipinski definition) is 2. The van der Waals surface area contributed by atoms with E-state index in [0.29, 0.717) is 30.7 Å². The van der Waals surface area contributed by atoms with E-state index in [2.05, 4.69) is 37.1 Å². The van der Waals surface area contributed by atoms with Crippen molar-refractivity contribution in [2.24, 2.45) is 4.99 Å². The van der Waals surface area contributed by atoms with Gasteiger partial charge in [0, 0.05) is 31.2 Å². The molecule has 2 N–H and O–H groups in total. The highest BCUT2D eigenvalue weighted by Crippen LogP contribution is 2.25. The molecule has 2 aromatic heterocycles. The van der Waals surface area contributed by atoms with Crippen molar-refractivity contribution < 1.29 is 18.3 Å². The fourth-order valence-electron chi connectivity index (χ4n) is 3.76. The SMILES string of the molecule is C=N/C=C(\C=C(/C)c1ccc2[nH]nc(C(=O)Nc3c(F)cncc3F)c2c1)CN1CCOCC1. The third-order valence-electron chi connectivity index (χ3n) is 5.49. The number of carbonyl (C=O) groups is 1. The van der Waals surface area contributed by atoms with Gasteiger partial charge in [-0.05, 0) is 42.5 Å². The van der Waals surface area contributed by atoms with E-state index in [1.807, 2.05) is 25.1 Å². The summed E-state index contributed by atoms with van der Waals surface area (Å²) < 4.78 is 33.2. The number of halogens is 2. The van der Waals surface area contributed by atoms with E-state index >= 15 is 0 Å². The summed E-state index contributed by atoms with van der Waals surface area (Å²) in [6, 6.07) is 5.52. The average Bonchev–Trinajstić information content (AvgIpc) is 3.26. The third kappa shape index (κ3) is 5.24. The Labute approximate surface area is 195 Å². The number of aromatic amines is 1. The first-order valence-electron chi connectivity index (χ1n) is 10.7. The van der Waals surface area contributed by atoms with Crippen molar-refractivity contribution in [2.45, 2.75) is 6.92 Å². The largest absolute Gasteiger partial charge is 0.379 e. The number of ether oxygens (including phenoxy) is 1. The van der Waals surface area contributed by atoms with Crippen LogP contribution in [-0.2, 0) is 4.74 Å². The molecular formula is C24H24F2N6O2. The van der Waals surface area contributed by atoms with Gasteiger partial charge in [0.1, 0.15) is 5.69 Å². The number of allylic oxidation sites excluding steroid dienone is 1. The first kappa shape index (κ1) is 23.4. The zero-order valence-electron chi connectivity index (χ0n) is 18.6. The number of H-pyrrole nitrogens is 1. The molecule has 0 radical (unpaired) electrons. The molecule has 1 amide bonds. The van der Waals surface area contributed by atoms with Gasteiger partial charge in [-0.25, -0.2) is 8.78 Å². The van der Waals surface area contributed by atoms with Gasteiger partial charge in [0.2, 0.25) is 0 Å². The molecule has 176 valence electrons. The van der Waals surface area contributed by atoms with Crippen molar-refractivity contribution in [3.05, 3.63) is 71.3 Å². The Hall–Kier alpha value is -3.76. The lowest BCUT2D eigenvalue weighted by Crippen LogP contribution is -2.37. The molecule has 0 aliphatic carbocycles. The van der Waals surface area contributed by atoms with Crippen LogP contribution >= 0.6 is 0 Å². The number of benzene rings is 1. The van der Waals surface area contributed by atoms with Gasteiger partial charge in [-0.15, -0.1) is 0 Å².